The van der Waals surface area contributed by atoms with Crippen LogP contribution < -0.4 is 5.32 Å². The van der Waals surface area contributed by atoms with Gasteiger partial charge in [0.15, 0.2) is 0 Å². The van der Waals surface area contributed by atoms with Gasteiger partial charge in [-0.2, -0.15) is 0 Å². The summed E-state index contributed by atoms with van der Waals surface area (Å²) in [7, 11) is 0. The molecule has 76 valence electrons. The van der Waals surface area contributed by atoms with Gasteiger partial charge in [0.1, 0.15) is 0 Å². The van der Waals surface area contributed by atoms with Gasteiger partial charge >= 0.3 is 0 Å². The molecule has 0 aromatic rings. The van der Waals surface area contributed by atoms with Gasteiger partial charge in [0.05, 0.1) is 0 Å². The van der Waals surface area contributed by atoms with Crippen LogP contribution in [0.4, 0.5) is 0 Å². The molecular formula is C10H20N2O. The summed E-state index contributed by atoms with van der Waals surface area (Å²) in [6, 6.07) is 0.358. The van der Waals surface area contributed by atoms with E-state index in [1.165, 1.54) is 0 Å². The van der Waals surface area contributed by atoms with Crippen LogP contribution in [-0.4, -0.2) is 35.5 Å². The molecule has 1 atom stereocenters. The van der Waals surface area contributed by atoms with Crippen LogP contribution in [0.2, 0.25) is 0 Å². The van der Waals surface area contributed by atoms with E-state index in [0.717, 1.165) is 19.5 Å². The number of hydrogen-bond acceptors (Lipinski definition) is 2. The Balaban J connectivity index is 2.41. The topological polar surface area (TPSA) is 32.3 Å². The average molecular weight is 184 g/mol. The summed E-state index contributed by atoms with van der Waals surface area (Å²) in [6.45, 7) is 10.3. The summed E-state index contributed by atoms with van der Waals surface area (Å²) in [5.74, 6) is 0.0840. The van der Waals surface area contributed by atoms with E-state index in [9.17, 15) is 4.79 Å². The Kier molecular flexibility index (Phi) is 2.96. The molecule has 0 aromatic carbocycles. The summed E-state index contributed by atoms with van der Waals surface area (Å²) < 4.78 is 0. The normalized spacial score (nSPS) is 24.8. The van der Waals surface area contributed by atoms with E-state index in [1.54, 1.807) is 6.92 Å². The molecule has 1 aliphatic heterocycles. The molecule has 0 bridgehead atoms. The van der Waals surface area contributed by atoms with Gasteiger partial charge < -0.3 is 5.32 Å². The number of nitrogens with zero attached hydrogens (tertiary/aromatic N) is 1. The largest absolute Gasteiger partial charge is 0.352 e. The van der Waals surface area contributed by atoms with Gasteiger partial charge in [-0.05, 0) is 27.2 Å². The van der Waals surface area contributed by atoms with Crippen molar-refractivity contribution >= 4 is 5.91 Å². The molecule has 1 N–H and O–H groups in total. The highest BCUT2D eigenvalue weighted by molar-refractivity contribution is 5.73. The predicted molar refractivity (Wildman–Crippen MR) is 53.5 cm³/mol. The van der Waals surface area contributed by atoms with Crippen molar-refractivity contribution in [1.29, 1.82) is 0 Å². The minimum atomic E-state index is 0.0840. The Morgan fingerprint density at radius 1 is 1.46 bits per heavy atom. The SMILES string of the molecule is CC(=O)N[C@H]1CCN(C(C)(C)C)C1. The van der Waals surface area contributed by atoms with Gasteiger partial charge in [0.2, 0.25) is 5.91 Å². The van der Waals surface area contributed by atoms with Crippen LogP contribution in [0.15, 0.2) is 0 Å². The number of nitrogens with one attached hydrogen (secondary N) is 1. The first-order chi connectivity index (χ1) is 5.89. The van der Waals surface area contributed by atoms with Crippen molar-refractivity contribution in [3.8, 4) is 0 Å². The fourth-order valence-corrected chi connectivity index (χ4v) is 1.77. The number of hydrogen-bond donors (Lipinski definition) is 1. The van der Waals surface area contributed by atoms with E-state index in [2.05, 4.69) is 31.0 Å². The second-order valence-electron chi connectivity index (χ2n) is 4.80. The van der Waals surface area contributed by atoms with Crippen molar-refractivity contribution in [1.82, 2.24) is 10.2 Å². The van der Waals surface area contributed by atoms with Gasteiger partial charge in [0, 0.05) is 31.6 Å². The molecule has 1 amide bonds. The fraction of sp³-hybridized carbons (Fsp3) is 0.900. The van der Waals surface area contributed by atoms with Crippen LogP contribution in [0.3, 0.4) is 0 Å². The smallest absolute Gasteiger partial charge is 0.217 e. The molecule has 0 saturated carbocycles. The van der Waals surface area contributed by atoms with E-state index in [0.29, 0.717) is 6.04 Å². The van der Waals surface area contributed by atoms with Crippen LogP contribution in [-0.2, 0) is 4.79 Å². The van der Waals surface area contributed by atoms with Crippen molar-refractivity contribution in [2.45, 2.75) is 45.7 Å². The number of rotatable bonds is 1. The Bertz CT molecular complexity index is 196. The highest BCUT2D eigenvalue weighted by atomic mass is 16.1. The zero-order chi connectivity index (χ0) is 10.1. The van der Waals surface area contributed by atoms with Crippen molar-refractivity contribution < 1.29 is 4.79 Å². The lowest BCUT2D eigenvalue weighted by Crippen LogP contribution is -2.42. The van der Waals surface area contributed by atoms with Gasteiger partial charge in [-0.25, -0.2) is 0 Å². The Morgan fingerprint density at radius 2 is 2.08 bits per heavy atom. The summed E-state index contributed by atoms with van der Waals surface area (Å²) in [4.78, 5) is 13.2. The fourth-order valence-electron chi connectivity index (χ4n) is 1.77. The van der Waals surface area contributed by atoms with Crippen molar-refractivity contribution in [2.75, 3.05) is 13.1 Å². The van der Waals surface area contributed by atoms with Crippen molar-refractivity contribution in [3.63, 3.8) is 0 Å². The van der Waals surface area contributed by atoms with Crippen LogP contribution in [0, 0.1) is 0 Å². The molecule has 3 heteroatoms. The second-order valence-corrected chi connectivity index (χ2v) is 4.80. The Morgan fingerprint density at radius 3 is 2.46 bits per heavy atom. The summed E-state index contributed by atoms with van der Waals surface area (Å²) in [5, 5.41) is 2.96. The van der Waals surface area contributed by atoms with Gasteiger partial charge in [-0.15, -0.1) is 0 Å². The molecular weight excluding hydrogens is 164 g/mol. The first kappa shape index (κ1) is 10.5. The Labute approximate surface area is 80.5 Å². The van der Waals surface area contributed by atoms with E-state index in [1.807, 2.05) is 0 Å². The highest BCUT2D eigenvalue weighted by Gasteiger charge is 2.30. The second kappa shape index (κ2) is 3.66. The maximum Gasteiger partial charge on any atom is 0.217 e. The summed E-state index contributed by atoms with van der Waals surface area (Å²) in [5.41, 5.74) is 0.229. The number of carbonyl (C=O) groups is 1. The summed E-state index contributed by atoms with van der Waals surface area (Å²) in [6.07, 6.45) is 1.08. The lowest BCUT2D eigenvalue weighted by atomic mass is 10.1. The van der Waals surface area contributed by atoms with E-state index >= 15 is 0 Å². The molecule has 0 unspecified atom stereocenters. The standard InChI is InChI=1S/C10H20N2O/c1-8(13)11-9-5-6-12(7-9)10(2,3)4/h9H,5-7H2,1-4H3,(H,11,13)/t9-/m0/s1. The molecule has 1 heterocycles. The highest BCUT2D eigenvalue weighted by Crippen LogP contribution is 2.20. The van der Waals surface area contributed by atoms with E-state index in [4.69, 9.17) is 0 Å². The molecule has 0 radical (unpaired) electrons. The van der Waals surface area contributed by atoms with Gasteiger partial charge in [-0.1, -0.05) is 0 Å². The van der Waals surface area contributed by atoms with Crippen molar-refractivity contribution in [3.05, 3.63) is 0 Å². The lowest BCUT2D eigenvalue weighted by Gasteiger charge is -2.31. The predicted octanol–water partition coefficient (Wildman–Crippen LogP) is 0.995. The lowest BCUT2D eigenvalue weighted by molar-refractivity contribution is -0.119. The molecule has 3 nitrogen and oxygen atoms in total. The number of likely N-dealkylation sites (tertiary alicyclic amines) is 1. The zero-order valence-corrected chi connectivity index (χ0v) is 9.05. The van der Waals surface area contributed by atoms with Crippen molar-refractivity contribution in [2.24, 2.45) is 0 Å². The molecule has 0 spiro atoms. The molecule has 1 fully saturated rings. The third-order valence-corrected chi connectivity index (χ3v) is 2.54. The molecule has 1 rings (SSSR count). The summed E-state index contributed by atoms with van der Waals surface area (Å²) >= 11 is 0. The maximum atomic E-state index is 10.8. The first-order valence-corrected chi connectivity index (χ1v) is 4.92. The van der Waals surface area contributed by atoms with Crippen LogP contribution in [0.25, 0.3) is 0 Å². The molecule has 0 aliphatic carbocycles. The monoisotopic (exact) mass is 184 g/mol. The van der Waals surface area contributed by atoms with Gasteiger partial charge in [-0.3, -0.25) is 9.69 Å². The van der Waals surface area contributed by atoms with E-state index < -0.39 is 0 Å². The number of carbonyl (C=O) groups excluding carboxylic acids is 1. The number of amides is 1. The third-order valence-electron chi connectivity index (χ3n) is 2.54. The Hall–Kier alpha value is -0.570. The van der Waals surface area contributed by atoms with Crippen LogP contribution in [0.5, 0.6) is 0 Å². The van der Waals surface area contributed by atoms with Gasteiger partial charge in [0.25, 0.3) is 0 Å². The van der Waals surface area contributed by atoms with E-state index in [-0.39, 0.29) is 11.4 Å². The molecule has 13 heavy (non-hydrogen) atoms. The molecule has 1 aliphatic rings. The zero-order valence-electron chi connectivity index (χ0n) is 9.05. The minimum absolute atomic E-state index is 0.0840. The quantitative estimate of drug-likeness (QED) is 0.659. The van der Waals surface area contributed by atoms with Crippen LogP contribution >= 0.6 is 0 Å². The third kappa shape index (κ3) is 2.99. The molecule has 1 saturated heterocycles. The first-order valence-electron chi connectivity index (χ1n) is 4.92. The van der Waals surface area contributed by atoms with Crippen LogP contribution in [0.1, 0.15) is 34.1 Å². The molecule has 0 aromatic heterocycles. The maximum absolute atomic E-state index is 10.8. The average Bonchev–Trinajstić information content (AvgIpc) is 2.32. The minimum Gasteiger partial charge on any atom is -0.352 e.